The van der Waals surface area contributed by atoms with Gasteiger partial charge >= 0.3 is 6.36 Å². The molecule has 1 saturated carbocycles. The first-order chi connectivity index (χ1) is 18.1. The van der Waals surface area contributed by atoms with Gasteiger partial charge in [0.2, 0.25) is 11.8 Å². The van der Waals surface area contributed by atoms with Crippen molar-refractivity contribution in [3.8, 4) is 11.3 Å². The molecule has 2 heterocycles. The van der Waals surface area contributed by atoms with E-state index >= 15 is 0 Å². The molecular formula is C25H28F3N5O5. The number of amides is 3. The summed E-state index contributed by atoms with van der Waals surface area (Å²) in [6, 6.07) is 6.73. The molecule has 38 heavy (non-hydrogen) atoms. The lowest BCUT2D eigenvalue weighted by atomic mass is 9.95. The molecule has 0 spiro atoms. The Kier molecular flexibility index (Phi) is 8.45. The van der Waals surface area contributed by atoms with Crippen molar-refractivity contribution in [1.29, 1.82) is 0 Å². The molecule has 1 aromatic heterocycles. The zero-order chi connectivity index (χ0) is 27.3. The average Bonchev–Trinajstić information content (AvgIpc) is 3.39. The van der Waals surface area contributed by atoms with Crippen LogP contribution in [0.3, 0.4) is 0 Å². The Labute approximate surface area is 216 Å². The third-order valence-electron chi connectivity index (χ3n) is 6.53. The van der Waals surface area contributed by atoms with Gasteiger partial charge in [0.15, 0.2) is 11.6 Å². The SMILES string of the molecule is O=C(NC(CC1CC1)C(=O)NC(CC1CCNC1=O)C(=O)COC(F)(F)F)c1ncc(-c2ccccc2)[nH]1. The van der Waals surface area contributed by atoms with E-state index in [2.05, 4.69) is 30.7 Å². The lowest BCUT2D eigenvalue weighted by Crippen LogP contribution is -2.53. The Bertz CT molecular complexity index is 1170. The zero-order valence-electron chi connectivity index (χ0n) is 20.3. The molecule has 1 aromatic carbocycles. The lowest BCUT2D eigenvalue weighted by molar-refractivity contribution is -0.321. The van der Waals surface area contributed by atoms with Gasteiger partial charge in [-0.25, -0.2) is 4.98 Å². The van der Waals surface area contributed by atoms with Gasteiger partial charge in [0.25, 0.3) is 5.91 Å². The van der Waals surface area contributed by atoms with Crippen LogP contribution in [0, 0.1) is 11.8 Å². The summed E-state index contributed by atoms with van der Waals surface area (Å²) in [6.45, 7) is -0.941. The van der Waals surface area contributed by atoms with Gasteiger partial charge in [-0.05, 0) is 30.7 Å². The van der Waals surface area contributed by atoms with Gasteiger partial charge in [-0.1, -0.05) is 43.2 Å². The number of carbonyl (C=O) groups excluding carboxylic acids is 4. The van der Waals surface area contributed by atoms with E-state index in [1.807, 2.05) is 30.3 Å². The van der Waals surface area contributed by atoms with Crippen LogP contribution in [0.15, 0.2) is 36.5 Å². The predicted molar refractivity (Wildman–Crippen MR) is 127 cm³/mol. The molecule has 3 amide bonds. The quantitative estimate of drug-likeness (QED) is 0.328. The van der Waals surface area contributed by atoms with Crippen LogP contribution in [-0.2, 0) is 19.1 Å². The Hall–Kier alpha value is -3.74. The van der Waals surface area contributed by atoms with Crippen LogP contribution in [0.4, 0.5) is 13.2 Å². The normalized spacial score (nSPS) is 18.9. The number of nitrogens with one attached hydrogen (secondary N) is 4. The lowest BCUT2D eigenvalue weighted by Gasteiger charge is -2.24. The molecule has 2 aliphatic rings. The van der Waals surface area contributed by atoms with Crippen LogP contribution in [0.2, 0.25) is 0 Å². The third kappa shape index (κ3) is 7.63. The molecule has 10 nitrogen and oxygen atoms in total. The number of aromatic nitrogens is 2. The van der Waals surface area contributed by atoms with Gasteiger partial charge in [0.1, 0.15) is 12.6 Å². The van der Waals surface area contributed by atoms with Crippen LogP contribution in [0.1, 0.15) is 42.7 Å². The summed E-state index contributed by atoms with van der Waals surface area (Å²) in [7, 11) is 0. The Balaban J connectivity index is 1.45. The largest absolute Gasteiger partial charge is 0.522 e. The highest BCUT2D eigenvalue weighted by atomic mass is 19.4. The fraction of sp³-hybridized carbons (Fsp3) is 0.480. The first kappa shape index (κ1) is 27.3. The second kappa shape index (κ2) is 11.8. The molecular weight excluding hydrogens is 507 g/mol. The Morgan fingerprint density at radius 2 is 1.79 bits per heavy atom. The highest BCUT2D eigenvalue weighted by Gasteiger charge is 2.37. The summed E-state index contributed by atoms with van der Waals surface area (Å²) in [5.74, 6) is -3.23. The van der Waals surface area contributed by atoms with E-state index in [0.717, 1.165) is 18.4 Å². The number of ether oxygens (including phenoxy) is 1. The molecule has 4 N–H and O–H groups in total. The Morgan fingerprint density at radius 3 is 2.42 bits per heavy atom. The summed E-state index contributed by atoms with van der Waals surface area (Å²) in [6.07, 6.45) is -1.33. The molecule has 204 valence electrons. The van der Waals surface area contributed by atoms with Crippen LogP contribution in [0.5, 0.6) is 0 Å². The molecule has 1 aliphatic carbocycles. The molecule has 1 aliphatic heterocycles. The monoisotopic (exact) mass is 535 g/mol. The maximum atomic E-state index is 13.2. The summed E-state index contributed by atoms with van der Waals surface area (Å²) < 4.78 is 41.2. The van der Waals surface area contributed by atoms with Gasteiger partial charge in [-0.2, -0.15) is 0 Å². The van der Waals surface area contributed by atoms with E-state index in [4.69, 9.17) is 0 Å². The Morgan fingerprint density at radius 1 is 1.05 bits per heavy atom. The number of ketones is 1. The topological polar surface area (TPSA) is 142 Å². The minimum Gasteiger partial charge on any atom is -0.356 e. The predicted octanol–water partition coefficient (Wildman–Crippen LogP) is 2.09. The smallest absolute Gasteiger partial charge is 0.356 e. The van der Waals surface area contributed by atoms with Gasteiger partial charge in [-0.15, -0.1) is 13.2 Å². The third-order valence-corrected chi connectivity index (χ3v) is 6.53. The van der Waals surface area contributed by atoms with Crippen molar-refractivity contribution in [1.82, 2.24) is 25.9 Å². The first-order valence-corrected chi connectivity index (χ1v) is 12.3. The van der Waals surface area contributed by atoms with Crippen LogP contribution < -0.4 is 16.0 Å². The number of alkyl halides is 3. The summed E-state index contributed by atoms with van der Waals surface area (Å²) in [5.41, 5.74) is 1.41. The molecule has 0 radical (unpaired) electrons. The molecule has 3 atom stereocenters. The summed E-state index contributed by atoms with van der Waals surface area (Å²) >= 11 is 0. The number of Topliss-reactive ketones (excluding diaryl/α,β-unsaturated/α-hetero) is 1. The van der Waals surface area contributed by atoms with E-state index in [9.17, 15) is 32.3 Å². The van der Waals surface area contributed by atoms with Gasteiger partial charge in [-0.3, -0.25) is 23.9 Å². The van der Waals surface area contributed by atoms with Crippen molar-refractivity contribution in [2.24, 2.45) is 11.8 Å². The molecule has 4 rings (SSSR count). The number of halogens is 3. The summed E-state index contributed by atoms with van der Waals surface area (Å²) in [4.78, 5) is 57.7. The van der Waals surface area contributed by atoms with Crippen LogP contribution >= 0.6 is 0 Å². The molecule has 2 fully saturated rings. The maximum absolute atomic E-state index is 13.2. The number of benzene rings is 1. The molecule has 2 aromatic rings. The number of aromatic amines is 1. The van der Waals surface area contributed by atoms with Crippen molar-refractivity contribution >= 4 is 23.5 Å². The highest BCUT2D eigenvalue weighted by Crippen LogP contribution is 2.33. The van der Waals surface area contributed by atoms with Gasteiger partial charge < -0.3 is 20.9 Å². The van der Waals surface area contributed by atoms with Crippen molar-refractivity contribution in [2.75, 3.05) is 13.2 Å². The summed E-state index contributed by atoms with van der Waals surface area (Å²) in [5, 5.41) is 7.68. The molecule has 3 unspecified atom stereocenters. The van der Waals surface area contributed by atoms with Crippen molar-refractivity contribution in [3.63, 3.8) is 0 Å². The van der Waals surface area contributed by atoms with E-state index in [1.54, 1.807) is 0 Å². The number of imidazole rings is 1. The zero-order valence-corrected chi connectivity index (χ0v) is 20.3. The number of rotatable bonds is 12. The first-order valence-electron chi connectivity index (χ1n) is 12.3. The van der Waals surface area contributed by atoms with E-state index in [1.165, 1.54) is 6.20 Å². The van der Waals surface area contributed by atoms with E-state index < -0.39 is 48.6 Å². The maximum Gasteiger partial charge on any atom is 0.522 e. The van der Waals surface area contributed by atoms with Crippen molar-refractivity contribution < 1.29 is 37.1 Å². The van der Waals surface area contributed by atoms with Crippen LogP contribution in [-0.4, -0.2) is 65.1 Å². The van der Waals surface area contributed by atoms with Crippen molar-refractivity contribution in [2.45, 2.75) is 50.6 Å². The van der Waals surface area contributed by atoms with Crippen LogP contribution in [0.25, 0.3) is 11.3 Å². The number of H-pyrrole nitrogens is 1. The number of hydrogen-bond donors (Lipinski definition) is 4. The average molecular weight is 536 g/mol. The second-order valence-corrected chi connectivity index (χ2v) is 9.49. The molecule has 1 saturated heterocycles. The fourth-order valence-corrected chi connectivity index (χ4v) is 4.30. The van der Waals surface area contributed by atoms with Gasteiger partial charge in [0, 0.05) is 12.5 Å². The number of nitrogens with zero attached hydrogens (tertiary/aromatic N) is 1. The number of carbonyl (C=O) groups is 4. The second-order valence-electron chi connectivity index (χ2n) is 9.49. The van der Waals surface area contributed by atoms with E-state index in [-0.39, 0.29) is 30.5 Å². The standard InChI is InChI=1S/C25H28F3N5O5/c26-25(27,28)38-13-20(34)17(11-16-8-9-29-22(16)35)32-23(36)18(10-14-6-7-14)33-24(37)21-30-12-19(31-21)15-4-2-1-3-5-15/h1-5,12,14,16-18H,6-11,13H2,(H,29,35)(H,30,31)(H,32,36)(H,33,37). The highest BCUT2D eigenvalue weighted by molar-refractivity contribution is 5.97. The van der Waals surface area contributed by atoms with E-state index in [0.29, 0.717) is 18.7 Å². The minimum atomic E-state index is -5.03. The fourth-order valence-electron chi connectivity index (χ4n) is 4.30. The van der Waals surface area contributed by atoms with Gasteiger partial charge in [0.05, 0.1) is 17.9 Å². The minimum absolute atomic E-state index is 0.0220. The van der Waals surface area contributed by atoms with Crippen molar-refractivity contribution in [3.05, 3.63) is 42.4 Å². The molecule has 13 heteroatoms. The number of hydrogen-bond acceptors (Lipinski definition) is 6. The molecule has 0 bridgehead atoms.